The van der Waals surface area contributed by atoms with Gasteiger partial charge in [0.15, 0.2) is 11.5 Å². The number of hydrogen-bond donors (Lipinski definition) is 1. The van der Waals surface area contributed by atoms with Crippen LogP contribution in [0.4, 0.5) is 0 Å². The van der Waals surface area contributed by atoms with Crippen LogP contribution in [0, 0.1) is 11.8 Å². The summed E-state index contributed by atoms with van der Waals surface area (Å²) in [4.78, 5) is 23.9. The van der Waals surface area contributed by atoms with Gasteiger partial charge in [0, 0.05) is 30.6 Å². The molecule has 5 heteroatoms. The lowest BCUT2D eigenvalue weighted by atomic mass is 9.81. The first kappa shape index (κ1) is 20.4. The molecule has 1 aromatic heterocycles. The average molecular weight is 409 g/mol. The van der Waals surface area contributed by atoms with E-state index in [0.29, 0.717) is 0 Å². The molecule has 1 amide bonds. The Hall–Kier alpha value is -3.91. The molecular formula is C26H24N4O. The highest BCUT2D eigenvalue weighted by atomic mass is 16.2. The van der Waals surface area contributed by atoms with Gasteiger partial charge in [0.25, 0.3) is 5.91 Å². The highest BCUT2D eigenvalue weighted by Gasteiger charge is 2.49. The predicted molar refractivity (Wildman–Crippen MR) is 123 cm³/mol. The molecule has 0 radical (unpaired) electrons. The Labute approximate surface area is 182 Å². The number of hydrogen-bond acceptors (Lipinski definition) is 4. The van der Waals surface area contributed by atoms with Gasteiger partial charge in [0.2, 0.25) is 0 Å². The summed E-state index contributed by atoms with van der Waals surface area (Å²) >= 11 is 0. The van der Waals surface area contributed by atoms with Crippen molar-refractivity contribution in [3.05, 3.63) is 89.2 Å². The number of amides is 1. The van der Waals surface area contributed by atoms with Crippen LogP contribution < -0.4 is 5.73 Å². The van der Waals surface area contributed by atoms with Crippen LogP contribution >= 0.6 is 0 Å². The minimum absolute atomic E-state index is 0.171. The van der Waals surface area contributed by atoms with Crippen molar-refractivity contribution in [2.45, 2.75) is 25.8 Å². The van der Waals surface area contributed by atoms with Crippen molar-refractivity contribution in [2.24, 2.45) is 10.7 Å². The third-order valence-electron chi connectivity index (χ3n) is 5.64. The lowest BCUT2D eigenvalue weighted by Crippen LogP contribution is -2.41. The van der Waals surface area contributed by atoms with Crippen LogP contribution in [-0.2, 0) is 16.8 Å². The summed E-state index contributed by atoms with van der Waals surface area (Å²) < 4.78 is 0. The van der Waals surface area contributed by atoms with E-state index >= 15 is 0 Å². The number of carbonyl (C=O) groups excluding carboxylic acids is 1. The summed E-state index contributed by atoms with van der Waals surface area (Å²) in [6.45, 7) is 3.90. The van der Waals surface area contributed by atoms with Crippen LogP contribution in [0.15, 0.2) is 72.0 Å². The third-order valence-corrected chi connectivity index (χ3v) is 5.64. The smallest absolute Gasteiger partial charge is 0.266 e. The molecule has 0 fully saturated rings. The maximum atomic E-state index is 13.5. The van der Waals surface area contributed by atoms with Crippen molar-refractivity contribution in [3.8, 4) is 23.0 Å². The highest BCUT2D eigenvalue weighted by Crippen LogP contribution is 2.40. The van der Waals surface area contributed by atoms with Gasteiger partial charge >= 0.3 is 0 Å². The summed E-state index contributed by atoms with van der Waals surface area (Å²) in [5, 5.41) is 0. The van der Waals surface area contributed by atoms with E-state index in [1.807, 2.05) is 54.6 Å². The molecule has 31 heavy (non-hydrogen) atoms. The molecule has 1 aliphatic heterocycles. The number of aryl methyl sites for hydroxylation is 1. The van der Waals surface area contributed by atoms with Gasteiger partial charge in [0.05, 0.1) is 0 Å². The van der Waals surface area contributed by atoms with Gasteiger partial charge in [0.1, 0.15) is 0 Å². The van der Waals surface area contributed by atoms with Gasteiger partial charge in [-0.15, -0.1) is 5.92 Å². The molecule has 2 aromatic carbocycles. The topological polar surface area (TPSA) is 71.6 Å². The Morgan fingerprint density at radius 1 is 1.03 bits per heavy atom. The second-order valence-electron chi connectivity index (χ2n) is 7.51. The summed E-state index contributed by atoms with van der Waals surface area (Å²) in [6.07, 6.45) is 4.45. The zero-order valence-corrected chi connectivity index (χ0v) is 17.9. The summed E-state index contributed by atoms with van der Waals surface area (Å²) in [7, 11) is 1.66. The molecule has 154 valence electrons. The van der Waals surface area contributed by atoms with Crippen LogP contribution in [-0.4, -0.2) is 28.8 Å². The molecule has 0 spiro atoms. The van der Waals surface area contributed by atoms with Crippen molar-refractivity contribution < 1.29 is 4.79 Å². The first-order valence-electron chi connectivity index (χ1n) is 10.2. The van der Waals surface area contributed by atoms with Gasteiger partial charge < -0.3 is 5.73 Å². The molecule has 2 N–H and O–H groups in total. The molecule has 0 bridgehead atoms. The van der Waals surface area contributed by atoms with Crippen molar-refractivity contribution in [1.29, 1.82) is 0 Å². The van der Waals surface area contributed by atoms with Gasteiger partial charge in [-0.05, 0) is 47.7 Å². The van der Waals surface area contributed by atoms with Crippen LogP contribution in [0.3, 0.4) is 0 Å². The zero-order valence-electron chi connectivity index (χ0n) is 17.9. The van der Waals surface area contributed by atoms with Crippen LogP contribution in [0.5, 0.6) is 0 Å². The molecule has 0 saturated carbocycles. The maximum absolute atomic E-state index is 13.5. The lowest BCUT2D eigenvalue weighted by molar-refractivity contribution is -0.129. The van der Waals surface area contributed by atoms with E-state index in [-0.39, 0.29) is 11.9 Å². The van der Waals surface area contributed by atoms with Crippen molar-refractivity contribution in [1.82, 2.24) is 9.88 Å². The molecule has 1 aliphatic rings. The highest BCUT2D eigenvalue weighted by molar-refractivity contribution is 6.09. The number of guanidine groups is 1. The van der Waals surface area contributed by atoms with Crippen LogP contribution in [0.25, 0.3) is 11.1 Å². The molecule has 4 rings (SSSR count). The van der Waals surface area contributed by atoms with E-state index in [9.17, 15) is 4.79 Å². The minimum atomic E-state index is -1.21. The summed E-state index contributed by atoms with van der Waals surface area (Å²) in [5.41, 5.74) is 10.4. The van der Waals surface area contributed by atoms with Gasteiger partial charge in [-0.3, -0.25) is 14.7 Å². The Bertz CT molecular complexity index is 1230. The Morgan fingerprint density at radius 3 is 2.45 bits per heavy atom. The third kappa shape index (κ3) is 3.47. The van der Waals surface area contributed by atoms with E-state index in [4.69, 9.17) is 10.7 Å². The fraction of sp³-hybridized carbons (Fsp3) is 0.192. The number of benzene rings is 2. The molecule has 1 atom stereocenters. The van der Waals surface area contributed by atoms with E-state index in [0.717, 1.165) is 34.2 Å². The largest absolute Gasteiger partial charge is 0.369 e. The van der Waals surface area contributed by atoms with Crippen molar-refractivity contribution >= 4 is 11.9 Å². The summed E-state index contributed by atoms with van der Waals surface area (Å²) in [6, 6.07) is 17.8. The molecule has 3 aromatic rings. The number of likely N-dealkylation sites (N-methyl/N-ethyl adjacent to an activating group) is 1. The first-order chi connectivity index (χ1) is 15.0. The molecule has 1 unspecified atom stereocenters. The number of nitrogens with two attached hydrogens (primary N) is 1. The van der Waals surface area contributed by atoms with E-state index in [1.54, 1.807) is 26.4 Å². The minimum Gasteiger partial charge on any atom is -0.369 e. The molecule has 0 aliphatic carbocycles. The number of pyridine rings is 1. The molecular weight excluding hydrogens is 384 g/mol. The molecule has 0 saturated heterocycles. The Balaban J connectivity index is 1.89. The first-order valence-corrected chi connectivity index (χ1v) is 10.2. The van der Waals surface area contributed by atoms with Crippen LogP contribution in [0.2, 0.25) is 0 Å². The van der Waals surface area contributed by atoms with Crippen LogP contribution in [0.1, 0.15) is 36.1 Å². The standard InChI is InChI=1S/C26H24N4O/c1-4-7-19-14-21(17-28-16-19)20-8-6-9-23(15-20)26(24(31)30(3)25(27)29-26)22-12-10-18(5-2)11-13-22/h6,8-17H,5H2,1-3H3,(H2,27,29). The fourth-order valence-electron chi connectivity index (χ4n) is 3.90. The van der Waals surface area contributed by atoms with E-state index in [1.165, 1.54) is 10.5 Å². The number of aromatic nitrogens is 1. The maximum Gasteiger partial charge on any atom is 0.266 e. The van der Waals surface area contributed by atoms with Gasteiger partial charge in [-0.2, -0.15) is 0 Å². The quantitative estimate of drug-likeness (QED) is 0.669. The second-order valence-corrected chi connectivity index (χ2v) is 7.51. The lowest BCUT2D eigenvalue weighted by Gasteiger charge is -2.26. The second kappa shape index (κ2) is 8.08. The molecule has 5 nitrogen and oxygen atoms in total. The molecule has 2 heterocycles. The fourth-order valence-corrected chi connectivity index (χ4v) is 3.90. The normalized spacial score (nSPS) is 17.8. The monoisotopic (exact) mass is 408 g/mol. The predicted octanol–water partition coefficient (Wildman–Crippen LogP) is 3.71. The van der Waals surface area contributed by atoms with Gasteiger partial charge in [-0.1, -0.05) is 55.3 Å². The van der Waals surface area contributed by atoms with Crippen molar-refractivity contribution in [3.63, 3.8) is 0 Å². The Kier molecular flexibility index (Phi) is 5.31. The number of rotatable bonds is 4. The number of aliphatic imine (C=N–C) groups is 1. The van der Waals surface area contributed by atoms with Gasteiger partial charge in [-0.25, -0.2) is 4.99 Å². The van der Waals surface area contributed by atoms with Crippen molar-refractivity contribution in [2.75, 3.05) is 7.05 Å². The van der Waals surface area contributed by atoms with E-state index < -0.39 is 5.54 Å². The number of carbonyl (C=O) groups is 1. The zero-order chi connectivity index (χ0) is 22.0. The SMILES string of the molecule is CC#Cc1cncc(-c2cccc(C3(c4ccc(CC)cc4)N=C(N)N(C)C3=O)c2)c1. The number of nitrogens with zero attached hydrogens (tertiary/aromatic N) is 3. The Morgan fingerprint density at radius 2 is 1.81 bits per heavy atom. The average Bonchev–Trinajstić information content (AvgIpc) is 3.04. The summed E-state index contributed by atoms with van der Waals surface area (Å²) in [5.74, 6) is 5.97. The van der Waals surface area contributed by atoms with E-state index in [2.05, 4.69) is 23.7 Å².